The van der Waals surface area contributed by atoms with Gasteiger partial charge in [-0.2, -0.15) is 0 Å². The van der Waals surface area contributed by atoms with Gasteiger partial charge in [-0.25, -0.2) is 0 Å². The number of hydrogen-bond donors (Lipinski definition) is 1. The van der Waals surface area contributed by atoms with Crippen LogP contribution in [0.5, 0.6) is 11.5 Å². The quantitative estimate of drug-likeness (QED) is 0.473. The maximum atomic E-state index is 5.41. The van der Waals surface area contributed by atoms with E-state index in [2.05, 4.69) is 66.8 Å². The van der Waals surface area contributed by atoms with E-state index in [4.69, 9.17) is 14.5 Å². The van der Waals surface area contributed by atoms with Gasteiger partial charge in [-0.1, -0.05) is 12.1 Å². The Balaban J connectivity index is 2.04. The van der Waals surface area contributed by atoms with Crippen LogP contribution in [0, 0.1) is 0 Å². The molecule has 1 aromatic carbocycles. The van der Waals surface area contributed by atoms with Crippen LogP contribution in [0.15, 0.2) is 40.7 Å². The fourth-order valence-electron chi connectivity index (χ4n) is 3.07. The standard InChI is InChI=1S/C22H34N4O2S/c1-7-23-22(24-16-18(25(2)3)21-9-8-14-29-21)26(4)13-12-17-10-11-19(27-5)20(15-17)28-6/h8-11,14-15,18H,7,12-13,16H2,1-6H3,(H,23,24). The Morgan fingerprint density at radius 2 is 1.90 bits per heavy atom. The lowest BCUT2D eigenvalue weighted by Crippen LogP contribution is -2.40. The average molecular weight is 419 g/mol. The van der Waals surface area contributed by atoms with Crippen LogP contribution in [0.3, 0.4) is 0 Å². The first kappa shape index (κ1) is 23.0. The molecule has 0 aliphatic carbocycles. The molecule has 1 atom stereocenters. The van der Waals surface area contributed by atoms with Crippen molar-refractivity contribution >= 4 is 17.3 Å². The number of nitrogens with zero attached hydrogens (tertiary/aromatic N) is 3. The number of nitrogens with one attached hydrogen (secondary N) is 1. The number of thiophene rings is 1. The van der Waals surface area contributed by atoms with Crippen molar-refractivity contribution in [1.82, 2.24) is 15.1 Å². The van der Waals surface area contributed by atoms with Gasteiger partial charge in [0.15, 0.2) is 17.5 Å². The normalized spacial score (nSPS) is 12.7. The van der Waals surface area contributed by atoms with Crippen molar-refractivity contribution in [2.45, 2.75) is 19.4 Å². The molecule has 1 aromatic heterocycles. The summed E-state index contributed by atoms with van der Waals surface area (Å²) in [5, 5.41) is 5.54. The van der Waals surface area contributed by atoms with Crippen molar-refractivity contribution in [3.8, 4) is 11.5 Å². The Hall–Kier alpha value is -2.25. The monoisotopic (exact) mass is 418 g/mol. The number of benzene rings is 1. The zero-order valence-electron chi connectivity index (χ0n) is 18.4. The molecule has 2 aromatic rings. The first-order chi connectivity index (χ1) is 14.0. The lowest BCUT2D eigenvalue weighted by molar-refractivity contribution is 0.309. The average Bonchev–Trinajstić information content (AvgIpc) is 3.25. The van der Waals surface area contributed by atoms with Crippen molar-refractivity contribution in [2.75, 3.05) is 55.0 Å². The van der Waals surface area contributed by atoms with E-state index in [9.17, 15) is 0 Å². The van der Waals surface area contributed by atoms with Gasteiger partial charge >= 0.3 is 0 Å². The van der Waals surface area contributed by atoms with E-state index >= 15 is 0 Å². The van der Waals surface area contributed by atoms with Crippen molar-refractivity contribution in [2.24, 2.45) is 4.99 Å². The molecule has 0 aliphatic rings. The molecule has 0 aliphatic heterocycles. The van der Waals surface area contributed by atoms with Crippen molar-refractivity contribution in [3.05, 3.63) is 46.2 Å². The van der Waals surface area contributed by atoms with E-state index in [1.807, 2.05) is 12.1 Å². The smallest absolute Gasteiger partial charge is 0.193 e. The Bertz CT molecular complexity index is 762. The van der Waals surface area contributed by atoms with E-state index in [-0.39, 0.29) is 6.04 Å². The van der Waals surface area contributed by atoms with Gasteiger partial charge in [0.25, 0.3) is 0 Å². The van der Waals surface area contributed by atoms with Crippen LogP contribution in [-0.4, -0.2) is 70.8 Å². The van der Waals surface area contributed by atoms with E-state index in [0.717, 1.165) is 43.5 Å². The van der Waals surface area contributed by atoms with Crippen LogP contribution in [0.4, 0.5) is 0 Å². The molecule has 0 radical (unpaired) electrons. The van der Waals surface area contributed by atoms with Crippen LogP contribution in [0.25, 0.3) is 0 Å². The summed E-state index contributed by atoms with van der Waals surface area (Å²) in [6.07, 6.45) is 0.892. The molecule has 0 fully saturated rings. The third kappa shape index (κ3) is 6.65. The number of likely N-dealkylation sites (N-methyl/N-ethyl adjacent to an activating group) is 2. The van der Waals surface area contributed by atoms with Crippen LogP contribution in [-0.2, 0) is 6.42 Å². The molecule has 7 heteroatoms. The molecular formula is C22H34N4O2S. The number of aliphatic imine (C=N–C) groups is 1. The van der Waals surface area contributed by atoms with Crippen LogP contribution < -0.4 is 14.8 Å². The molecule has 0 bridgehead atoms. The molecule has 6 nitrogen and oxygen atoms in total. The Morgan fingerprint density at radius 3 is 2.48 bits per heavy atom. The van der Waals surface area contributed by atoms with E-state index in [1.165, 1.54) is 10.4 Å². The number of methoxy groups -OCH3 is 2. The largest absolute Gasteiger partial charge is 0.493 e. The second-order valence-electron chi connectivity index (χ2n) is 7.05. The Labute approximate surface area is 179 Å². The summed E-state index contributed by atoms with van der Waals surface area (Å²) >= 11 is 1.78. The van der Waals surface area contributed by atoms with E-state index in [0.29, 0.717) is 0 Å². The summed E-state index contributed by atoms with van der Waals surface area (Å²) in [6, 6.07) is 10.6. The van der Waals surface area contributed by atoms with Gasteiger partial charge in [-0.15, -0.1) is 11.3 Å². The van der Waals surface area contributed by atoms with Crippen LogP contribution in [0.2, 0.25) is 0 Å². The van der Waals surface area contributed by atoms with E-state index in [1.54, 1.807) is 25.6 Å². The fraction of sp³-hybridized carbons (Fsp3) is 0.500. The second-order valence-corrected chi connectivity index (χ2v) is 8.03. The van der Waals surface area contributed by atoms with Crippen LogP contribution in [0.1, 0.15) is 23.4 Å². The van der Waals surface area contributed by atoms with Crippen molar-refractivity contribution in [3.63, 3.8) is 0 Å². The van der Waals surface area contributed by atoms with Gasteiger partial charge in [0.1, 0.15) is 0 Å². The topological polar surface area (TPSA) is 49.3 Å². The highest BCUT2D eigenvalue weighted by Gasteiger charge is 2.16. The van der Waals surface area contributed by atoms with Gasteiger partial charge in [0.2, 0.25) is 0 Å². The molecule has 1 N–H and O–H groups in total. The predicted molar refractivity (Wildman–Crippen MR) is 123 cm³/mol. The summed E-state index contributed by atoms with van der Waals surface area (Å²) in [5.74, 6) is 2.44. The van der Waals surface area contributed by atoms with Crippen molar-refractivity contribution in [1.29, 1.82) is 0 Å². The van der Waals surface area contributed by atoms with Gasteiger partial charge in [-0.3, -0.25) is 4.99 Å². The molecule has 1 heterocycles. The zero-order valence-corrected chi connectivity index (χ0v) is 19.3. The van der Waals surface area contributed by atoms with E-state index < -0.39 is 0 Å². The van der Waals surface area contributed by atoms with Gasteiger partial charge in [0.05, 0.1) is 26.8 Å². The number of ether oxygens (including phenoxy) is 2. The molecule has 0 amide bonds. The highest BCUT2D eigenvalue weighted by Crippen LogP contribution is 2.27. The first-order valence-corrected chi connectivity index (χ1v) is 10.8. The van der Waals surface area contributed by atoms with Gasteiger partial charge in [-0.05, 0) is 56.6 Å². The highest BCUT2D eigenvalue weighted by atomic mass is 32.1. The SMILES string of the molecule is CCNC(=NCC(c1cccs1)N(C)C)N(C)CCc1ccc(OC)c(OC)c1. The zero-order chi connectivity index (χ0) is 21.2. The Kier molecular flexibility index (Phi) is 9.28. The van der Waals surface area contributed by atoms with Crippen molar-refractivity contribution < 1.29 is 9.47 Å². The summed E-state index contributed by atoms with van der Waals surface area (Å²) < 4.78 is 10.7. The summed E-state index contributed by atoms with van der Waals surface area (Å²) in [5.41, 5.74) is 1.20. The fourth-order valence-corrected chi connectivity index (χ4v) is 3.98. The molecule has 0 saturated carbocycles. The minimum atomic E-state index is 0.280. The molecule has 0 spiro atoms. The second kappa shape index (κ2) is 11.7. The molecule has 2 rings (SSSR count). The van der Waals surface area contributed by atoms with Crippen LogP contribution >= 0.6 is 11.3 Å². The molecule has 1 unspecified atom stereocenters. The Morgan fingerprint density at radius 1 is 1.14 bits per heavy atom. The van der Waals surface area contributed by atoms with Gasteiger partial charge < -0.3 is 24.6 Å². The minimum absolute atomic E-state index is 0.280. The molecule has 29 heavy (non-hydrogen) atoms. The summed E-state index contributed by atoms with van der Waals surface area (Å²) in [6.45, 7) is 4.51. The summed E-state index contributed by atoms with van der Waals surface area (Å²) in [4.78, 5) is 10.7. The lowest BCUT2D eigenvalue weighted by Gasteiger charge is -2.25. The third-order valence-electron chi connectivity index (χ3n) is 4.79. The first-order valence-electron chi connectivity index (χ1n) is 9.90. The molecular weight excluding hydrogens is 384 g/mol. The number of guanidine groups is 1. The highest BCUT2D eigenvalue weighted by molar-refractivity contribution is 7.10. The number of rotatable bonds is 10. The van der Waals surface area contributed by atoms with Gasteiger partial charge in [0, 0.05) is 25.0 Å². The lowest BCUT2D eigenvalue weighted by atomic mass is 10.1. The third-order valence-corrected chi connectivity index (χ3v) is 5.76. The number of hydrogen-bond acceptors (Lipinski definition) is 5. The maximum Gasteiger partial charge on any atom is 0.193 e. The predicted octanol–water partition coefficient (Wildman–Crippen LogP) is 3.51. The minimum Gasteiger partial charge on any atom is -0.493 e. The molecule has 160 valence electrons. The summed E-state index contributed by atoms with van der Waals surface area (Å²) in [7, 11) is 9.61. The maximum absolute atomic E-state index is 5.41. The molecule has 0 saturated heterocycles.